The largest absolute Gasteiger partial charge is 0.454 e. The molecule has 180 valence electrons. The molecule has 2 amide bonds. The summed E-state index contributed by atoms with van der Waals surface area (Å²) in [6.45, 7) is 15.0. The third-order valence-corrected chi connectivity index (χ3v) is 5.33. The number of aryl methyl sites for hydroxylation is 1. The van der Waals surface area contributed by atoms with Crippen LogP contribution in [-0.4, -0.2) is 30.2 Å². The van der Waals surface area contributed by atoms with Crippen LogP contribution in [0.3, 0.4) is 0 Å². The van der Waals surface area contributed by atoms with E-state index in [4.69, 9.17) is 9.47 Å². The molecule has 2 aromatic rings. The number of halogens is 1. The predicted octanol–water partition coefficient (Wildman–Crippen LogP) is 5.93. The number of anilines is 1. The van der Waals surface area contributed by atoms with Gasteiger partial charge in [-0.05, 0) is 57.4 Å². The first kappa shape index (κ1) is 25.0. The van der Waals surface area contributed by atoms with Crippen molar-refractivity contribution in [3.63, 3.8) is 0 Å². The Kier molecular flexibility index (Phi) is 7.44. The lowest BCUT2D eigenvalue weighted by Gasteiger charge is -2.36. The molecule has 0 aliphatic carbocycles. The van der Waals surface area contributed by atoms with E-state index in [0.717, 1.165) is 11.1 Å². The molecule has 0 unspecified atom stereocenters. The standard InChI is InChI=1S/C27H31FN2O4/c1-7-9-14-30-23-19(15-21(25(30)31)29-26(32)34-27(4,5)6)11-10-17(3)24(23)33-22-16-20(28)13-12-18(22)8-2/h7-8,10-13,16,21H,1-2,9,14-15H2,3-6H3,(H,29,32)/t21-/m1/s1. The number of nitrogens with zero attached hydrogens (tertiary/aromatic N) is 1. The van der Waals surface area contributed by atoms with E-state index < -0.39 is 23.6 Å². The van der Waals surface area contributed by atoms with Crippen LogP contribution in [0, 0.1) is 12.7 Å². The predicted molar refractivity (Wildman–Crippen MR) is 132 cm³/mol. The minimum atomic E-state index is -0.791. The van der Waals surface area contributed by atoms with Crippen LogP contribution in [0.25, 0.3) is 6.08 Å². The molecule has 3 rings (SSSR count). The molecule has 0 bridgehead atoms. The van der Waals surface area contributed by atoms with E-state index in [2.05, 4.69) is 18.5 Å². The SMILES string of the molecule is C=CCCN1C(=O)[C@H](NC(=O)OC(C)(C)C)Cc2ccc(C)c(Oc3cc(F)ccc3C=C)c21. The van der Waals surface area contributed by atoms with Gasteiger partial charge in [0.15, 0.2) is 5.75 Å². The Morgan fingerprint density at radius 3 is 2.65 bits per heavy atom. The lowest BCUT2D eigenvalue weighted by atomic mass is 9.94. The third kappa shape index (κ3) is 5.65. The fourth-order valence-electron chi connectivity index (χ4n) is 3.79. The number of hydrogen-bond acceptors (Lipinski definition) is 4. The molecule has 0 fully saturated rings. The highest BCUT2D eigenvalue weighted by Gasteiger charge is 2.37. The van der Waals surface area contributed by atoms with Crippen LogP contribution in [0.4, 0.5) is 14.9 Å². The van der Waals surface area contributed by atoms with Crippen LogP contribution >= 0.6 is 0 Å². The summed E-state index contributed by atoms with van der Waals surface area (Å²) >= 11 is 0. The van der Waals surface area contributed by atoms with Crippen molar-refractivity contribution >= 4 is 23.8 Å². The minimum Gasteiger partial charge on any atom is -0.454 e. The zero-order valence-electron chi connectivity index (χ0n) is 20.1. The molecule has 0 aromatic heterocycles. The van der Waals surface area contributed by atoms with E-state index in [9.17, 15) is 14.0 Å². The van der Waals surface area contributed by atoms with Crippen LogP contribution in [0.2, 0.25) is 0 Å². The maximum Gasteiger partial charge on any atom is 0.408 e. The Balaban J connectivity index is 2.03. The Bertz CT molecular complexity index is 1120. The molecule has 1 heterocycles. The second-order valence-corrected chi connectivity index (χ2v) is 9.18. The minimum absolute atomic E-state index is 0.270. The third-order valence-electron chi connectivity index (χ3n) is 5.33. The van der Waals surface area contributed by atoms with Gasteiger partial charge in [0.25, 0.3) is 0 Å². The first-order chi connectivity index (χ1) is 16.0. The van der Waals surface area contributed by atoms with E-state index in [1.54, 1.807) is 43.9 Å². The average molecular weight is 467 g/mol. The van der Waals surface area contributed by atoms with E-state index in [1.807, 2.05) is 19.1 Å². The van der Waals surface area contributed by atoms with Gasteiger partial charge in [-0.1, -0.05) is 30.9 Å². The first-order valence-electron chi connectivity index (χ1n) is 11.2. The summed E-state index contributed by atoms with van der Waals surface area (Å²) in [5, 5.41) is 2.70. The molecule has 1 N–H and O–H groups in total. The summed E-state index contributed by atoms with van der Waals surface area (Å²) in [6.07, 6.45) is 3.45. The highest BCUT2D eigenvalue weighted by Crippen LogP contribution is 2.42. The van der Waals surface area contributed by atoms with Crippen molar-refractivity contribution in [2.75, 3.05) is 11.4 Å². The number of benzene rings is 2. The lowest BCUT2D eigenvalue weighted by molar-refractivity contribution is -0.121. The number of carbonyl (C=O) groups is 2. The highest BCUT2D eigenvalue weighted by atomic mass is 19.1. The van der Waals surface area contributed by atoms with Gasteiger partial charge >= 0.3 is 6.09 Å². The van der Waals surface area contributed by atoms with Crippen molar-refractivity contribution < 1.29 is 23.5 Å². The van der Waals surface area contributed by atoms with E-state index >= 15 is 0 Å². The number of rotatable bonds is 7. The van der Waals surface area contributed by atoms with Gasteiger partial charge in [-0.2, -0.15) is 0 Å². The van der Waals surface area contributed by atoms with Crippen LogP contribution in [0.5, 0.6) is 11.5 Å². The number of fused-ring (bicyclic) bond motifs is 1. The molecule has 1 aliphatic heterocycles. The number of amides is 2. The van der Waals surface area contributed by atoms with Gasteiger partial charge in [0, 0.05) is 24.6 Å². The number of carbonyl (C=O) groups excluding carboxylic acids is 2. The lowest BCUT2D eigenvalue weighted by Crippen LogP contribution is -2.54. The Morgan fingerprint density at radius 1 is 1.26 bits per heavy atom. The summed E-state index contributed by atoms with van der Waals surface area (Å²) in [5.74, 6) is 0.0408. The smallest absolute Gasteiger partial charge is 0.408 e. The number of hydrogen-bond donors (Lipinski definition) is 1. The molecule has 2 aromatic carbocycles. The van der Waals surface area contributed by atoms with Crippen molar-refractivity contribution in [2.45, 2.75) is 52.2 Å². The summed E-state index contributed by atoms with van der Waals surface area (Å²) in [6, 6.07) is 7.22. The Labute approximate surface area is 200 Å². The molecule has 7 heteroatoms. The molecule has 0 spiro atoms. The maximum atomic E-state index is 14.0. The van der Waals surface area contributed by atoms with Crippen LogP contribution < -0.4 is 15.0 Å². The second kappa shape index (κ2) is 10.1. The normalized spacial score (nSPS) is 15.4. The fraction of sp³-hybridized carbons (Fsp3) is 0.333. The van der Waals surface area contributed by atoms with Crippen LogP contribution in [0.15, 0.2) is 49.6 Å². The molecular formula is C27H31FN2O4. The van der Waals surface area contributed by atoms with Gasteiger partial charge in [-0.3, -0.25) is 4.79 Å². The number of nitrogens with one attached hydrogen (secondary N) is 1. The van der Waals surface area contributed by atoms with Gasteiger partial charge in [0.05, 0.1) is 5.69 Å². The van der Waals surface area contributed by atoms with E-state index in [0.29, 0.717) is 35.7 Å². The highest BCUT2D eigenvalue weighted by molar-refractivity contribution is 6.03. The van der Waals surface area contributed by atoms with E-state index in [-0.39, 0.29) is 12.3 Å². The average Bonchev–Trinajstić information content (AvgIpc) is 2.75. The van der Waals surface area contributed by atoms with Crippen molar-refractivity contribution in [3.8, 4) is 11.5 Å². The molecule has 1 atom stereocenters. The van der Waals surface area contributed by atoms with E-state index in [1.165, 1.54) is 12.1 Å². The van der Waals surface area contributed by atoms with Gasteiger partial charge in [-0.25, -0.2) is 9.18 Å². The quantitative estimate of drug-likeness (QED) is 0.514. The summed E-state index contributed by atoms with van der Waals surface area (Å²) in [4.78, 5) is 27.5. The zero-order valence-corrected chi connectivity index (χ0v) is 20.1. The molecule has 0 saturated carbocycles. The molecule has 0 saturated heterocycles. The summed E-state index contributed by atoms with van der Waals surface area (Å²) in [5.41, 5.74) is 2.15. The maximum absolute atomic E-state index is 14.0. The number of ether oxygens (including phenoxy) is 2. The van der Waals surface area contributed by atoms with Gasteiger partial charge in [0.2, 0.25) is 5.91 Å². The van der Waals surface area contributed by atoms with Crippen LogP contribution in [0.1, 0.15) is 43.9 Å². The Morgan fingerprint density at radius 2 is 2.00 bits per heavy atom. The first-order valence-corrected chi connectivity index (χ1v) is 11.2. The summed E-state index contributed by atoms with van der Waals surface area (Å²) < 4.78 is 25.5. The monoisotopic (exact) mass is 466 g/mol. The zero-order chi connectivity index (χ0) is 25.0. The topological polar surface area (TPSA) is 67.9 Å². The second-order valence-electron chi connectivity index (χ2n) is 9.18. The molecule has 1 aliphatic rings. The molecule has 34 heavy (non-hydrogen) atoms. The van der Waals surface area contributed by atoms with Crippen LogP contribution in [-0.2, 0) is 16.0 Å². The number of alkyl carbamates (subject to hydrolysis) is 1. The molecule has 6 nitrogen and oxygen atoms in total. The summed E-state index contributed by atoms with van der Waals surface area (Å²) in [7, 11) is 0. The van der Waals surface area contributed by atoms with Crippen molar-refractivity contribution in [2.24, 2.45) is 0 Å². The van der Waals surface area contributed by atoms with Gasteiger partial charge in [0.1, 0.15) is 23.2 Å². The molecule has 0 radical (unpaired) electrons. The van der Waals surface area contributed by atoms with Crippen molar-refractivity contribution in [1.29, 1.82) is 0 Å². The van der Waals surface area contributed by atoms with Crippen molar-refractivity contribution in [1.82, 2.24) is 5.32 Å². The Hall–Kier alpha value is -3.61. The van der Waals surface area contributed by atoms with Crippen molar-refractivity contribution in [3.05, 3.63) is 72.1 Å². The fourth-order valence-corrected chi connectivity index (χ4v) is 3.79. The van der Waals surface area contributed by atoms with Gasteiger partial charge in [-0.15, -0.1) is 6.58 Å². The molecular weight excluding hydrogens is 435 g/mol. The van der Waals surface area contributed by atoms with Gasteiger partial charge < -0.3 is 19.7 Å².